The number of rotatable bonds is 3. The Balaban J connectivity index is 0.000000396. The van der Waals surface area contributed by atoms with Gasteiger partial charge in [-0.1, -0.05) is 40.4 Å². The van der Waals surface area contributed by atoms with E-state index in [0.29, 0.717) is 15.8 Å². The molecule has 1 aromatic carbocycles. The van der Waals surface area contributed by atoms with E-state index in [0.717, 1.165) is 0 Å². The van der Waals surface area contributed by atoms with Gasteiger partial charge in [-0.15, -0.1) is 0 Å². The maximum atomic E-state index is 10.2. The van der Waals surface area contributed by atoms with Gasteiger partial charge in [-0.25, -0.2) is 15.4 Å². The van der Waals surface area contributed by atoms with Crippen LogP contribution in [0.15, 0.2) is 46.2 Å². The molecular weight excluding hydrogens is 379 g/mol. The Morgan fingerprint density at radius 1 is 1.33 bits per heavy atom. The van der Waals surface area contributed by atoms with Crippen LogP contribution in [0.25, 0.3) is 0 Å². The minimum absolute atomic E-state index is 0.300. The minimum Gasteiger partial charge on any atom is -0.480 e. The number of nitrogens with two attached hydrogens (primary N) is 1. The van der Waals surface area contributed by atoms with Crippen LogP contribution in [0, 0.1) is 5.53 Å². The summed E-state index contributed by atoms with van der Waals surface area (Å²) in [6, 6.07) is 7.78. The van der Waals surface area contributed by atoms with Crippen LogP contribution in [0.1, 0.15) is 0 Å². The first-order valence-electron chi connectivity index (χ1n) is 6.05. The standard InChI is InChI=1S/C8H6Cl2O3.C4H4S.CH4N4O/c9-5-1-2-7(6(10)3-5)13-4-8(11)12;1-2-4-5-3-1;2-4-1(6)5-3/h1-3H,4H2,(H,11,12);1-4H;2H,3H2,(H,5,6). The van der Waals surface area contributed by atoms with Crippen molar-refractivity contribution in [1.29, 1.82) is 5.53 Å². The van der Waals surface area contributed by atoms with E-state index in [1.165, 1.54) is 12.1 Å². The van der Waals surface area contributed by atoms with Crippen molar-refractivity contribution in [3.05, 3.63) is 51.1 Å². The molecule has 5 N–H and O–H groups in total. The maximum Gasteiger partial charge on any atom is 0.373 e. The number of ether oxygens (including phenoxy) is 1. The molecule has 0 bridgehead atoms. The lowest BCUT2D eigenvalue weighted by atomic mass is 10.3. The van der Waals surface area contributed by atoms with Gasteiger partial charge in [0.1, 0.15) is 5.75 Å². The highest BCUT2D eigenvalue weighted by Crippen LogP contribution is 2.27. The molecule has 0 unspecified atom stereocenters. The number of amides is 2. The Kier molecular flexibility index (Phi) is 12.0. The summed E-state index contributed by atoms with van der Waals surface area (Å²) in [6.45, 7) is -0.415. The highest BCUT2D eigenvalue weighted by molar-refractivity contribution is 7.07. The highest BCUT2D eigenvalue weighted by Gasteiger charge is 2.04. The number of carboxylic acid groups (broad SMARTS) is 1. The molecule has 0 aliphatic rings. The number of carbonyl (C=O) groups is 2. The SMILES string of the molecule is N=NC(=O)NN.O=C(O)COc1ccc(Cl)cc1Cl.c1ccsc1. The monoisotopic (exact) mass is 392 g/mol. The van der Waals surface area contributed by atoms with Gasteiger partial charge in [0.25, 0.3) is 0 Å². The predicted molar refractivity (Wildman–Crippen MR) is 91.8 cm³/mol. The predicted octanol–water partition coefficient (Wildman–Crippen LogP) is 3.81. The van der Waals surface area contributed by atoms with E-state index in [2.05, 4.69) is 11.0 Å². The van der Waals surface area contributed by atoms with Gasteiger partial charge in [-0.2, -0.15) is 16.9 Å². The number of halogens is 2. The molecule has 2 rings (SSSR count). The second-order valence-corrected chi connectivity index (χ2v) is 5.27. The fourth-order valence-electron chi connectivity index (χ4n) is 0.991. The molecule has 24 heavy (non-hydrogen) atoms. The van der Waals surface area contributed by atoms with Crippen molar-refractivity contribution in [3.8, 4) is 5.75 Å². The lowest BCUT2D eigenvalue weighted by Crippen LogP contribution is -2.26. The molecule has 2 aromatic rings. The zero-order chi connectivity index (χ0) is 18.4. The third-order valence-electron chi connectivity index (χ3n) is 1.90. The number of hydrazine groups is 1. The van der Waals surface area contributed by atoms with Crippen LogP contribution in [0.5, 0.6) is 5.75 Å². The molecule has 130 valence electrons. The number of nitrogens with zero attached hydrogens (tertiary/aromatic N) is 1. The number of nitrogens with one attached hydrogen (secondary N) is 2. The van der Waals surface area contributed by atoms with E-state index >= 15 is 0 Å². The number of hydrogen-bond acceptors (Lipinski definition) is 6. The molecular formula is C13H14Cl2N4O4S. The van der Waals surface area contributed by atoms with Gasteiger partial charge in [-0.3, -0.25) is 5.43 Å². The molecule has 2 amide bonds. The number of thiophene rings is 1. The summed E-state index contributed by atoms with van der Waals surface area (Å²) < 4.78 is 4.86. The number of benzene rings is 1. The molecule has 11 heteroatoms. The van der Waals surface area contributed by atoms with Crippen molar-refractivity contribution in [2.24, 2.45) is 11.0 Å². The zero-order valence-corrected chi connectivity index (χ0v) is 14.4. The Labute approximate surface area is 151 Å². The average molecular weight is 393 g/mol. The fraction of sp³-hybridized carbons (Fsp3) is 0.0769. The van der Waals surface area contributed by atoms with Crippen LogP contribution in [-0.2, 0) is 4.79 Å². The number of hydrogen-bond donors (Lipinski definition) is 4. The summed E-state index contributed by atoms with van der Waals surface area (Å²) in [4.78, 5) is 19.7. The molecule has 1 heterocycles. The van der Waals surface area contributed by atoms with Crippen LogP contribution in [-0.4, -0.2) is 23.7 Å². The van der Waals surface area contributed by atoms with Gasteiger partial charge in [-0.05, 0) is 29.0 Å². The van der Waals surface area contributed by atoms with E-state index in [9.17, 15) is 9.59 Å². The number of urea groups is 1. The van der Waals surface area contributed by atoms with Crippen molar-refractivity contribution in [1.82, 2.24) is 5.43 Å². The first kappa shape index (κ1) is 21.8. The molecule has 0 atom stereocenters. The average Bonchev–Trinajstić information content (AvgIpc) is 3.13. The van der Waals surface area contributed by atoms with Crippen LogP contribution in [0.2, 0.25) is 10.0 Å². The van der Waals surface area contributed by atoms with Gasteiger partial charge in [0.05, 0.1) is 5.02 Å². The van der Waals surface area contributed by atoms with Crippen molar-refractivity contribution >= 4 is 46.5 Å². The molecule has 1 aromatic heterocycles. The summed E-state index contributed by atoms with van der Waals surface area (Å²) in [5.41, 5.74) is 7.56. The quantitative estimate of drug-likeness (QED) is 0.272. The lowest BCUT2D eigenvalue weighted by Gasteiger charge is -2.04. The highest BCUT2D eigenvalue weighted by atomic mass is 35.5. The Morgan fingerprint density at radius 2 is 1.96 bits per heavy atom. The summed E-state index contributed by atoms with van der Waals surface area (Å²) >= 11 is 13.0. The summed E-state index contributed by atoms with van der Waals surface area (Å²) in [7, 11) is 0. The van der Waals surface area contributed by atoms with Crippen LogP contribution in [0.3, 0.4) is 0 Å². The van der Waals surface area contributed by atoms with E-state index in [1.807, 2.05) is 22.9 Å². The summed E-state index contributed by atoms with van der Waals surface area (Å²) in [5, 5.41) is 15.6. The van der Waals surface area contributed by atoms with E-state index in [1.54, 1.807) is 22.8 Å². The van der Waals surface area contributed by atoms with Crippen LogP contribution >= 0.6 is 34.5 Å². The fourth-order valence-corrected chi connectivity index (χ4v) is 1.91. The first-order valence-corrected chi connectivity index (χ1v) is 7.75. The molecule has 0 fully saturated rings. The van der Waals surface area contributed by atoms with Gasteiger partial charge < -0.3 is 9.84 Å². The Hall–Kier alpha value is -2.20. The minimum atomic E-state index is -1.05. The zero-order valence-electron chi connectivity index (χ0n) is 12.1. The van der Waals surface area contributed by atoms with Crippen LogP contribution in [0.4, 0.5) is 4.79 Å². The van der Waals surface area contributed by atoms with Crippen molar-refractivity contribution in [2.45, 2.75) is 0 Å². The molecule has 8 nitrogen and oxygen atoms in total. The molecule has 0 spiro atoms. The molecule has 0 aliphatic carbocycles. The number of carbonyl (C=O) groups excluding carboxylic acids is 1. The lowest BCUT2D eigenvalue weighted by molar-refractivity contribution is -0.139. The summed E-state index contributed by atoms with van der Waals surface area (Å²) in [5.74, 6) is 3.73. The van der Waals surface area contributed by atoms with Gasteiger partial charge in [0, 0.05) is 5.02 Å². The van der Waals surface area contributed by atoms with E-state index in [-0.39, 0.29) is 0 Å². The first-order chi connectivity index (χ1) is 11.4. The van der Waals surface area contributed by atoms with Crippen LogP contribution < -0.4 is 16.0 Å². The maximum absolute atomic E-state index is 10.2. The van der Waals surface area contributed by atoms with E-state index < -0.39 is 18.6 Å². The van der Waals surface area contributed by atoms with E-state index in [4.69, 9.17) is 38.6 Å². The van der Waals surface area contributed by atoms with Gasteiger partial charge >= 0.3 is 12.0 Å². The largest absolute Gasteiger partial charge is 0.480 e. The topological polar surface area (TPSA) is 138 Å². The number of aliphatic carboxylic acids is 1. The molecule has 0 saturated heterocycles. The smallest absolute Gasteiger partial charge is 0.373 e. The van der Waals surface area contributed by atoms with Crippen molar-refractivity contribution in [3.63, 3.8) is 0 Å². The second kappa shape index (κ2) is 13.3. The van der Waals surface area contributed by atoms with Crippen molar-refractivity contribution < 1.29 is 19.4 Å². The Bertz CT molecular complexity index is 624. The molecule has 0 aliphatic heterocycles. The second-order valence-electron chi connectivity index (χ2n) is 3.61. The Morgan fingerprint density at radius 3 is 2.29 bits per heavy atom. The normalized spacial score (nSPS) is 8.62. The molecule has 0 radical (unpaired) electrons. The number of carboxylic acids is 1. The molecule has 0 saturated carbocycles. The van der Waals surface area contributed by atoms with Gasteiger partial charge in [0.2, 0.25) is 0 Å². The summed E-state index contributed by atoms with van der Waals surface area (Å²) in [6.07, 6.45) is 0. The third kappa shape index (κ3) is 11.4. The van der Waals surface area contributed by atoms with Gasteiger partial charge in [0.15, 0.2) is 6.61 Å². The van der Waals surface area contributed by atoms with Crippen molar-refractivity contribution in [2.75, 3.05) is 6.61 Å². The third-order valence-corrected chi connectivity index (χ3v) is 3.05.